The summed E-state index contributed by atoms with van der Waals surface area (Å²) in [5, 5.41) is 6.67. The highest BCUT2D eigenvalue weighted by molar-refractivity contribution is 5.77. The molecule has 2 atom stereocenters. The van der Waals surface area contributed by atoms with Crippen molar-refractivity contribution in [3.8, 4) is 0 Å². The molecule has 0 aromatic carbocycles. The van der Waals surface area contributed by atoms with Gasteiger partial charge in [-0.05, 0) is 57.0 Å². The van der Waals surface area contributed by atoms with E-state index in [1.54, 1.807) is 0 Å². The fourth-order valence-electron chi connectivity index (χ4n) is 3.44. The lowest BCUT2D eigenvalue weighted by Gasteiger charge is -2.35. The molecule has 0 saturated carbocycles. The van der Waals surface area contributed by atoms with Gasteiger partial charge in [-0.2, -0.15) is 0 Å². The Labute approximate surface area is 123 Å². The molecule has 2 N–H and O–H groups in total. The molecule has 20 heavy (non-hydrogen) atoms. The topological polar surface area (TPSA) is 44.4 Å². The van der Waals surface area contributed by atoms with Crippen LogP contribution in [0.15, 0.2) is 0 Å². The number of hydrogen-bond acceptors (Lipinski definition) is 3. The minimum Gasteiger partial charge on any atom is -0.355 e. The van der Waals surface area contributed by atoms with Crippen LogP contribution in [-0.2, 0) is 4.79 Å². The molecule has 0 bridgehead atoms. The lowest BCUT2D eigenvalue weighted by molar-refractivity contribution is -0.122. The Hall–Kier alpha value is -0.610. The predicted octanol–water partition coefficient (Wildman–Crippen LogP) is 1.61. The van der Waals surface area contributed by atoms with Gasteiger partial charge in [0.15, 0.2) is 0 Å². The summed E-state index contributed by atoms with van der Waals surface area (Å²) in [7, 11) is 0. The first-order valence-electron chi connectivity index (χ1n) is 8.37. The van der Waals surface area contributed by atoms with E-state index >= 15 is 0 Å². The minimum absolute atomic E-state index is 0.200. The van der Waals surface area contributed by atoms with Crippen LogP contribution >= 0.6 is 0 Å². The van der Waals surface area contributed by atoms with Crippen molar-refractivity contribution in [2.45, 2.75) is 52.0 Å². The van der Waals surface area contributed by atoms with Gasteiger partial charge in [0.2, 0.25) is 5.91 Å². The van der Waals surface area contributed by atoms with E-state index in [0.29, 0.717) is 18.5 Å². The number of likely N-dealkylation sites (tertiary alicyclic amines) is 1. The van der Waals surface area contributed by atoms with Crippen LogP contribution in [0.3, 0.4) is 0 Å². The number of nitrogens with one attached hydrogen (secondary N) is 2. The maximum Gasteiger partial charge on any atom is 0.234 e. The largest absolute Gasteiger partial charge is 0.355 e. The first kappa shape index (κ1) is 15.8. The minimum atomic E-state index is 0.200. The van der Waals surface area contributed by atoms with Gasteiger partial charge in [0, 0.05) is 19.1 Å². The van der Waals surface area contributed by atoms with Crippen molar-refractivity contribution in [3.63, 3.8) is 0 Å². The third-order valence-electron chi connectivity index (χ3n) is 4.62. The Balaban J connectivity index is 1.68. The van der Waals surface area contributed by atoms with Crippen molar-refractivity contribution in [2.24, 2.45) is 11.8 Å². The van der Waals surface area contributed by atoms with Crippen LogP contribution in [0.4, 0.5) is 0 Å². The van der Waals surface area contributed by atoms with Gasteiger partial charge in [0.1, 0.15) is 0 Å². The molecule has 0 aromatic heterocycles. The third-order valence-corrected chi connectivity index (χ3v) is 4.62. The Morgan fingerprint density at radius 2 is 2.20 bits per heavy atom. The number of hydrogen-bond donors (Lipinski definition) is 2. The van der Waals surface area contributed by atoms with E-state index in [0.717, 1.165) is 32.0 Å². The molecular weight excluding hydrogens is 250 g/mol. The Bertz CT molecular complexity index is 300. The van der Waals surface area contributed by atoms with Gasteiger partial charge in [0.25, 0.3) is 0 Å². The van der Waals surface area contributed by atoms with Gasteiger partial charge in [-0.1, -0.05) is 13.8 Å². The van der Waals surface area contributed by atoms with Crippen LogP contribution < -0.4 is 10.6 Å². The summed E-state index contributed by atoms with van der Waals surface area (Å²) in [6.45, 7) is 9.14. The summed E-state index contributed by atoms with van der Waals surface area (Å²) >= 11 is 0. The fourth-order valence-corrected chi connectivity index (χ4v) is 3.44. The van der Waals surface area contributed by atoms with E-state index in [2.05, 4.69) is 29.4 Å². The van der Waals surface area contributed by atoms with E-state index in [4.69, 9.17) is 0 Å². The zero-order chi connectivity index (χ0) is 14.4. The standard InChI is InChI=1S/C16H31N3O/c1-13(2)7-9-18-16(20)12-19-10-4-5-14(11-19)15-6-3-8-17-15/h13-15,17H,3-12H2,1-2H3,(H,18,20). The zero-order valence-corrected chi connectivity index (χ0v) is 13.2. The average molecular weight is 281 g/mol. The molecule has 2 unspecified atom stereocenters. The fraction of sp³-hybridized carbons (Fsp3) is 0.938. The number of piperidine rings is 1. The van der Waals surface area contributed by atoms with E-state index in [1.165, 1.54) is 32.2 Å². The molecule has 1 amide bonds. The van der Waals surface area contributed by atoms with Gasteiger partial charge >= 0.3 is 0 Å². The predicted molar refractivity (Wildman–Crippen MR) is 82.7 cm³/mol. The SMILES string of the molecule is CC(C)CCNC(=O)CN1CCCC(C2CCCN2)C1. The van der Waals surface area contributed by atoms with Crippen molar-refractivity contribution in [3.05, 3.63) is 0 Å². The smallest absolute Gasteiger partial charge is 0.234 e. The molecule has 4 nitrogen and oxygen atoms in total. The summed E-state index contributed by atoms with van der Waals surface area (Å²) in [6, 6.07) is 0.696. The van der Waals surface area contributed by atoms with Crippen molar-refractivity contribution >= 4 is 5.91 Å². The molecule has 0 spiro atoms. The Kier molecular flexibility index (Phi) is 6.30. The quantitative estimate of drug-likeness (QED) is 0.777. The van der Waals surface area contributed by atoms with Crippen molar-refractivity contribution < 1.29 is 4.79 Å². The van der Waals surface area contributed by atoms with Gasteiger partial charge in [-0.3, -0.25) is 9.69 Å². The van der Waals surface area contributed by atoms with Crippen LogP contribution in [0, 0.1) is 11.8 Å². The summed E-state index contributed by atoms with van der Waals surface area (Å²) in [5.41, 5.74) is 0. The van der Waals surface area contributed by atoms with Gasteiger partial charge in [0.05, 0.1) is 6.54 Å². The zero-order valence-electron chi connectivity index (χ0n) is 13.2. The summed E-state index contributed by atoms with van der Waals surface area (Å²) in [5.74, 6) is 1.60. The van der Waals surface area contributed by atoms with E-state index in [1.807, 2.05) is 0 Å². The summed E-state index contributed by atoms with van der Waals surface area (Å²) in [4.78, 5) is 14.3. The van der Waals surface area contributed by atoms with Crippen molar-refractivity contribution in [2.75, 3.05) is 32.7 Å². The highest BCUT2D eigenvalue weighted by Crippen LogP contribution is 2.24. The first-order valence-corrected chi connectivity index (χ1v) is 8.37. The molecule has 4 heteroatoms. The van der Waals surface area contributed by atoms with Crippen LogP contribution in [0.5, 0.6) is 0 Å². The lowest BCUT2D eigenvalue weighted by Crippen LogP contribution is -2.47. The van der Waals surface area contributed by atoms with Crippen LogP contribution in [0.2, 0.25) is 0 Å². The molecule has 2 aliphatic rings. The molecule has 0 aliphatic carbocycles. The highest BCUT2D eigenvalue weighted by Gasteiger charge is 2.29. The molecule has 2 rings (SSSR count). The molecule has 2 fully saturated rings. The number of carbonyl (C=O) groups is 1. The molecule has 2 heterocycles. The number of amides is 1. The summed E-state index contributed by atoms with van der Waals surface area (Å²) < 4.78 is 0. The van der Waals surface area contributed by atoms with Gasteiger partial charge < -0.3 is 10.6 Å². The number of rotatable bonds is 6. The normalized spacial score (nSPS) is 27.9. The number of nitrogens with zero attached hydrogens (tertiary/aromatic N) is 1. The van der Waals surface area contributed by atoms with E-state index in [-0.39, 0.29) is 5.91 Å². The molecule has 2 aliphatic heterocycles. The lowest BCUT2D eigenvalue weighted by atomic mass is 9.90. The molecular formula is C16H31N3O. The third kappa shape index (κ3) is 5.06. The Morgan fingerprint density at radius 3 is 2.90 bits per heavy atom. The molecule has 0 radical (unpaired) electrons. The van der Waals surface area contributed by atoms with E-state index < -0.39 is 0 Å². The number of carbonyl (C=O) groups excluding carboxylic acids is 1. The monoisotopic (exact) mass is 281 g/mol. The van der Waals surface area contributed by atoms with Crippen molar-refractivity contribution in [1.29, 1.82) is 0 Å². The first-order chi connectivity index (χ1) is 9.65. The highest BCUT2D eigenvalue weighted by atomic mass is 16.2. The Morgan fingerprint density at radius 1 is 1.35 bits per heavy atom. The van der Waals surface area contributed by atoms with Gasteiger partial charge in [-0.15, -0.1) is 0 Å². The van der Waals surface area contributed by atoms with Crippen LogP contribution in [0.25, 0.3) is 0 Å². The van der Waals surface area contributed by atoms with Crippen molar-refractivity contribution in [1.82, 2.24) is 15.5 Å². The molecule has 2 saturated heterocycles. The average Bonchev–Trinajstić information content (AvgIpc) is 2.92. The second kappa shape index (κ2) is 7.99. The maximum atomic E-state index is 12.0. The second-order valence-electron chi connectivity index (χ2n) is 6.87. The molecule has 116 valence electrons. The van der Waals surface area contributed by atoms with E-state index in [9.17, 15) is 4.79 Å². The van der Waals surface area contributed by atoms with Gasteiger partial charge in [-0.25, -0.2) is 0 Å². The second-order valence-corrected chi connectivity index (χ2v) is 6.87. The van der Waals surface area contributed by atoms with Crippen LogP contribution in [-0.4, -0.2) is 49.6 Å². The summed E-state index contributed by atoms with van der Waals surface area (Å²) in [6.07, 6.45) is 6.27. The maximum absolute atomic E-state index is 12.0. The molecule has 0 aromatic rings. The van der Waals surface area contributed by atoms with Crippen LogP contribution in [0.1, 0.15) is 46.0 Å².